The summed E-state index contributed by atoms with van der Waals surface area (Å²) < 4.78 is 0. The molecule has 6 nitrogen and oxygen atoms in total. The Morgan fingerprint density at radius 2 is 1.78 bits per heavy atom. The Bertz CT molecular complexity index is 924. The van der Waals surface area contributed by atoms with Crippen molar-refractivity contribution in [1.82, 2.24) is 0 Å². The van der Waals surface area contributed by atoms with Gasteiger partial charge >= 0.3 is 0 Å². The van der Waals surface area contributed by atoms with Gasteiger partial charge in [-0.05, 0) is 29.3 Å². The number of nitro benzene ring substituents is 1. The first-order valence-electron chi connectivity index (χ1n) is 8.50. The number of nitrogens with zero attached hydrogens (tertiary/aromatic N) is 3. The van der Waals surface area contributed by atoms with Gasteiger partial charge in [0, 0.05) is 31.4 Å². The second-order valence-electron chi connectivity index (χ2n) is 6.11. The second kappa shape index (κ2) is 8.62. The first-order valence-corrected chi connectivity index (χ1v) is 8.50. The molecule has 0 atom stereocenters. The normalized spacial score (nSPS) is 10.7. The third-order valence-electron chi connectivity index (χ3n) is 4.06. The summed E-state index contributed by atoms with van der Waals surface area (Å²) in [6, 6.07) is 24.6. The summed E-state index contributed by atoms with van der Waals surface area (Å²) in [4.78, 5) is 12.5. The minimum Gasteiger partial charge on any atom is -0.370 e. The molecule has 27 heavy (non-hydrogen) atoms. The first kappa shape index (κ1) is 18.1. The topological polar surface area (TPSA) is 70.8 Å². The summed E-state index contributed by atoms with van der Waals surface area (Å²) in [5, 5.41) is 14.9. The number of anilines is 2. The van der Waals surface area contributed by atoms with Crippen molar-refractivity contribution < 1.29 is 4.92 Å². The van der Waals surface area contributed by atoms with Crippen LogP contribution in [0.1, 0.15) is 11.1 Å². The maximum absolute atomic E-state index is 10.8. The molecule has 136 valence electrons. The number of hydrazone groups is 1. The van der Waals surface area contributed by atoms with Crippen LogP contribution in [0.15, 0.2) is 84.0 Å². The first-order chi connectivity index (χ1) is 13.1. The Kier molecular flexibility index (Phi) is 5.79. The second-order valence-corrected chi connectivity index (χ2v) is 6.11. The lowest BCUT2D eigenvalue weighted by Crippen LogP contribution is -2.16. The van der Waals surface area contributed by atoms with Gasteiger partial charge in [0.05, 0.1) is 16.8 Å². The number of nitro groups is 1. The van der Waals surface area contributed by atoms with Crippen molar-refractivity contribution in [2.45, 2.75) is 6.54 Å². The van der Waals surface area contributed by atoms with E-state index >= 15 is 0 Å². The fraction of sp³-hybridized carbons (Fsp3) is 0.0952. The fourth-order valence-electron chi connectivity index (χ4n) is 2.63. The maximum atomic E-state index is 10.8. The molecule has 0 aliphatic rings. The van der Waals surface area contributed by atoms with E-state index in [4.69, 9.17) is 0 Å². The zero-order valence-electron chi connectivity index (χ0n) is 14.9. The van der Waals surface area contributed by atoms with E-state index < -0.39 is 4.92 Å². The summed E-state index contributed by atoms with van der Waals surface area (Å²) in [5.74, 6) is 0. The molecule has 3 aromatic rings. The standard InChI is InChI=1S/C21H20N4O2/c1-24(16-18-6-3-2-4-7-18)20-12-10-17(11-13-20)15-22-23-19-8-5-9-21(14-19)25(26)27/h2-15,23H,16H2,1H3. The molecule has 0 aliphatic heterocycles. The van der Waals surface area contributed by atoms with Crippen molar-refractivity contribution in [3.8, 4) is 0 Å². The molecule has 0 amide bonds. The third-order valence-corrected chi connectivity index (χ3v) is 4.06. The van der Waals surface area contributed by atoms with E-state index in [-0.39, 0.29) is 5.69 Å². The van der Waals surface area contributed by atoms with Crippen molar-refractivity contribution in [3.63, 3.8) is 0 Å². The molecule has 0 fully saturated rings. The van der Waals surface area contributed by atoms with Gasteiger partial charge in [-0.25, -0.2) is 0 Å². The largest absolute Gasteiger partial charge is 0.370 e. The molecule has 0 aromatic heterocycles. The average molecular weight is 360 g/mol. The highest BCUT2D eigenvalue weighted by Crippen LogP contribution is 2.18. The van der Waals surface area contributed by atoms with Gasteiger partial charge in [0.1, 0.15) is 0 Å². The highest BCUT2D eigenvalue weighted by molar-refractivity contribution is 5.81. The van der Waals surface area contributed by atoms with Gasteiger partial charge in [-0.3, -0.25) is 15.5 Å². The number of non-ortho nitro benzene ring substituents is 1. The van der Waals surface area contributed by atoms with Gasteiger partial charge in [0.25, 0.3) is 5.69 Å². The highest BCUT2D eigenvalue weighted by atomic mass is 16.6. The lowest BCUT2D eigenvalue weighted by atomic mass is 10.2. The lowest BCUT2D eigenvalue weighted by molar-refractivity contribution is -0.384. The SMILES string of the molecule is CN(Cc1ccccc1)c1ccc(C=NNc2cccc([N+](=O)[O-])c2)cc1. The van der Waals surface area contributed by atoms with Crippen LogP contribution in [0.5, 0.6) is 0 Å². The Labute approximate surface area is 157 Å². The van der Waals surface area contributed by atoms with Crippen LogP contribution in [-0.2, 0) is 6.54 Å². The van der Waals surface area contributed by atoms with Crippen molar-refractivity contribution >= 4 is 23.3 Å². The van der Waals surface area contributed by atoms with Crippen LogP contribution in [0, 0.1) is 10.1 Å². The quantitative estimate of drug-likeness (QED) is 0.377. The van der Waals surface area contributed by atoms with E-state index in [1.807, 2.05) is 42.5 Å². The number of benzene rings is 3. The zero-order valence-corrected chi connectivity index (χ0v) is 14.9. The van der Waals surface area contributed by atoms with Gasteiger partial charge in [0.2, 0.25) is 0 Å². The summed E-state index contributed by atoms with van der Waals surface area (Å²) >= 11 is 0. The van der Waals surface area contributed by atoms with Crippen LogP contribution in [0.25, 0.3) is 0 Å². The molecule has 3 rings (SSSR count). The van der Waals surface area contributed by atoms with Crippen molar-refractivity contribution in [2.24, 2.45) is 5.10 Å². The third kappa shape index (κ3) is 5.15. The predicted octanol–water partition coefficient (Wildman–Crippen LogP) is 4.68. The Hall–Kier alpha value is -3.67. The van der Waals surface area contributed by atoms with E-state index in [2.05, 4.69) is 34.6 Å². The van der Waals surface area contributed by atoms with Gasteiger partial charge in [0.15, 0.2) is 0 Å². The lowest BCUT2D eigenvalue weighted by Gasteiger charge is -2.19. The number of nitrogens with one attached hydrogen (secondary N) is 1. The van der Waals surface area contributed by atoms with Crippen LogP contribution >= 0.6 is 0 Å². The molecule has 0 saturated heterocycles. The Balaban J connectivity index is 1.59. The van der Waals surface area contributed by atoms with E-state index in [9.17, 15) is 10.1 Å². The molecular weight excluding hydrogens is 340 g/mol. The van der Waals surface area contributed by atoms with E-state index in [0.29, 0.717) is 5.69 Å². The fourth-order valence-corrected chi connectivity index (χ4v) is 2.63. The van der Waals surface area contributed by atoms with E-state index in [0.717, 1.165) is 17.8 Å². The summed E-state index contributed by atoms with van der Waals surface area (Å²) in [5.41, 5.74) is 6.72. The minimum atomic E-state index is -0.431. The Morgan fingerprint density at radius 3 is 2.48 bits per heavy atom. The summed E-state index contributed by atoms with van der Waals surface area (Å²) in [6.45, 7) is 0.836. The van der Waals surface area contributed by atoms with E-state index in [1.54, 1.807) is 18.3 Å². The highest BCUT2D eigenvalue weighted by Gasteiger charge is 2.04. The van der Waals surface area contributed by atoms with Crippen LogP contribution in [-0.4, -0.2) is 18.2 Å². The summed E-state index contributed by atoms with van der Waals surface area (Å²) in [6.07, 6.45) is 1.68. The summed E-state index contributed by atoms with van der Waals surface area (Å²) in [7, 11) is 2.06. The van der Waals surface area contributed by atoms with E-state index in [1.165, 1.54) is 17.7 Å². The van der Waals surface area contributed by atoms with Crippen molar-refractivity contribution in [3.05, 3.63) is 100 Å². The zero-order chi connectivity index (χ0) is 19.1. The molecule has 0 spiro atoms. The van der Waals surface area contributed by atoms with Gasteiger partial charge < -0.3 is 4.90 Å². The average Bonchev–Trinajstić information content (AvgIpc) is 2.69. The van der Waals surface area contributed by atoms with Crippen molar-refractivity contribution in [2.75, 3.05) is 17.4 Å². The van der Waals surface area contributed by atoms with Gasteiger partial charge in [-0.15, -0.1) is 0 Å². The van der Waals surface area contributed by atoms with Crippen LogP contribution in [0.3, 0.4) is 0 Å². The predicted molar refractivity (Wildman–Crippen MR) is 109 cm³/mol. The molecule has 0 unspecified atom stereocenters. The molecule has 0 heterocycles. The van der Waals surface area contributed by atoms with Crippen LogP contribution in [0.2, 0.25) is 0 Å². The number of rotatable bonds is 7. The molecule has 1 N–H and O–H groups in total. The monoisotopic (exact) mass is 360 g/mol. The van der Waals surface area contributed by atoms with Crippen LogP contribution < -0.4 is 10.3 Å². The maximum Gasteiger partial charge on any atom is 0.271 e. The van der Waals surface area contributed by atoms with Crippen LogP contribution in [0.4, 0.5) is 17.1 Å². The molecule has 0 bridgehead atoms. The van der Waals surface area contributed by atoms with Gasteiger partial charge in [-0.1, -0.05) is 48.5 Å². The smallest absolute Gasteiger partial charge is 0.271 e. The molecule has 0 radical (unpaired) electrons. The molecule has 3 aromatic carbocycles. The minimum absolute atomic E-state index is 0.0287. The Morgan fingerprint density at radius 1 is 1.04 bits per heavy atom. The molecule has 0 aliphatic carbocycles. The molecular formula is C21H20N4O2. The molecule has 0 saturated carbocycles. The van der Waals surface area contributed by atoms with Crippen molar-refractivity contribution in [1.29, 1.82) is 0 Å². The molecule has 6 heteroatoms. The number of hydrogen-bond acceptors (Lipinski definition) is 5. The number of hydrogen-bond donors (Lipinski definition) is 1. The van der Waals surface area contributed by atoms with Gasteiger partial charge in [-0.2, -0.15) is 5.10 Å².